The van der Waals surface area contributed by atoms with E-state index in [0.29, 0.717) is 26.1 Å². The van der Waals surface area contributed by atoms with Crippen LogP contribution in [0.3, 0.4) is 0 Å². The van der Waals surface area contributed by atoms with Gasteiger partial charge in [-0.2, -0.15) is 0 Å². The topological polar surface area (TPSA) is 83.7 Å². The number of hydrogen-bond donors (Lipinski definition) is 2. The number of nitrogens with one attached hydrogen (secondary N) is 2. The van der Waals surface area contributed by atoms with Crippen molar-refractivity contribution in [3.8, 4) is 5.75 Å². The molecule has 27 heavy (non-hydrogen) atoms. The largest absolute Gasteiger partial charge is 0.497 e. The van der Waals surface area contributed by atoms with Gasteiger partial charge in [-0.15, -0.1) is 0 Å². The highest BCUT2D eigenvalue weighted by Crippen LogP contribution is 2.24. The van der Waals surface area contributed by atoms with Crippen LogP contribution in [0.5, 0.6) is 5.75 Å². The van der Waals surface area contributed by atoms with Crippen LogP contribution in [0.1, 0.15) is 18.9 Å². The second-order valence-corrected chi connectivity index (χ2v) is 7.02. The van der Waals surface area contributed by atoms with Crippen molar-refractivity contribution >= 4 is 22.7 Å². The first-order valence-corrected chi connectivity index (χ1v) is 9.23. The first kappa shape index (κ1) is 19.2. The molecule has 2 amide bonds. The van der Waals surface area contributed by atoms with Gasteiger partial charge in [-0.1, -0.05) is 0 Å². The molecule has 146 valence electrons. The molecule has 1 aromatic heterocycles. The van der Waals surface area contributed by atoms with Crippen LogP contribution in [0.2, 0.25) is 0 Å². The van der Waals surface area contributed by atoms with Crippen LogP contribution in [0, 0.1) is 5.92 Å². The van der Waals surface area contributed by atoms with Crippen LogP contribution < -0.4 is 10.1 Å². The van der Waals surface area contributed by atoms with Crippen LogP contribution in [-0.2, 0) is 20.7 Å². The molecule has 3 rings (SSSR count). The molecule has 2 heterocycles. The van der Waals surface area contributed by atoms with E-state index in [2.05, 4.69) is 10.3 Å². The zero-order valence-corrected chi connectivity index (χ0v) is 16.1. The maximum absolute atomic E-state index is 12.5. The van der Waals surface area contributed by atoms with Crippen LogP contribution in [0.15, 0.2) is 24.4 Å². The fraction of sp³-hybridized carbons (Fsp3) is 0.500. The van der Waals surface area contributed by atoms with E-state index in [9.17, 15) is 9.59 Å². The number of benzene rings is 1. The Labute approximate surface area is 159 Å². The van der Waals surface area contributed by atoms with E-state index in [1.54, 1.807) is 19.1 Å². The quantitative estimate of drug-likeness (QED) is 0.738. The minimum Gasteiger partial charge on any atom is -0.497 e. The van der Waals surface area contributed by atoms with Gasteiger partial charge in [0.2, 0.25) is 11.8 Å². The minimum absolute atomic E-state index is 0.0125. The molecule has 1 fully saturated rings. The van der Waals surface area contributed by atoms with Gasteiger partial charge in [0.1, 0.15) is 5.75 Å². The van der Waals surface area contributed by atoms with Crippen molar-refractivity contribution in [3.63, 3.8) is 0 Å². The van der Waals surface area contributed by atoms with Crippen molar-refractivity contribution < 1.29 is 19.1 Å². The number of carbonyl (C=O) groups excluding carboxylic acids is 2. The number of rotatable bonds is 8. The second kappa shape index (κ2) is 8.43. The van der Waals surface area contributed by atoms with E-state index in [1.807, 2.05) is 31.3 Å². The van der Waals surface area contributed by atoms with Gasteiger partial charge in [-0.3, -0.25) is 9.59 Å². The van der Waals surface area contributed by atoms with E-state index >= 15 is 0 Å². The van der Waals surface area contributed by atoms with Gasteiger partial charge in [-0.05, 0) is 37.1 Å². The third kappa shape index (κ3) is 4.24. The number of likely N-dealkylation sites (tertiary alicyclic amines) is 1. The van der Waals surface area contributed by atoms with E-state index < -0.39 is 0 Å². The maximum Gasteiger partial charge on any atom is 0.225 e. The number of carbonyl (C=O) groups is 2. The highest BCUT2D eigenvalue weighted by Gasteiger charge is 2.36. The van der Waals surface area contributed by atoms with Crippen molar-refractivity contribution in [1.82, 2.24) is 15.2 Å². The lowest BCUT2D eigenvalue weighted by atomic mass is 10.1. The smallest absolute Gasteiger partial charge is 0.225 e. The third-order valence-corrected chi connectivity index (χ3v) is 5.14. The Morgan fingerprint density at radius 3 is 2.96 bits per heavy atom. The number of nitrogens with zero attached hydrogens (tertiary/aromatic N) is 1. The first-order chi connectivity index (χ1) is 13.0. The molecule has 1 aromatic carbocycles. The summed E-state index contributed by atoms with van der Waals surface area (Å²) in [6, 6.07) is 5.88. The Kier molecular flexibility index (Phi) is 6.01. The predicted octanol–water partition coefficient (Wildman–Crippen LogP) is 1.72. The molecule has 0 aliphatic carbocycles. The van der Waals surface area contributed by atoms with Crippen LogP contribution in [-0.4, -0.2) is 61.7 Å². The lowest BCUT2D eigenvalue weighted by Crippen LogP contribution is -2.39. The fourth-order valence-electron chi connectivity index (χ4n) is 3.62. The predicted molar refractivity (Wildman–Crippen MR) is 103 cm³/mol. The van der Waals surface area contributed by atoms with Crippen molar-refractivity contribution in [2.24, 2.45) is 5.92 Å². The van der Waals surface area contributed by atoms with Gasteiger partial charge in [0.25, 0.3) is 0 Å². The summed E-state index contributed by atoms with van der Waals surface area (Å²) in [4.78, 5) is 29.6. The van der Waals surface area contributed by atoms with Crippen molar-refractivity contribution in [1.29, 1.82) is 0 Å². The molecular weight excluding hydrogens is 346 g/mol. The minimum atomic E-state index is -0.292. The molecule has 2 aromatic rings. The number of amides is 2. The molecule has 0 radical (unpaired) electrons. The van der Waals surface area contributed by atoms with Crippen LogP contribution in [0.25, 0.3) is 10.9 Å². The number of ether oxygens (including phenoxy) is 2. The highest BCUT2D eigenvalue weighted by atomic mass is 16.5. The Morgan fingerprint density at radius 2 is 2.22 bits per heavy atom. The normalized spacial score (nSPS) is 18.1. The summed E-state index contributed by atoms with van der Waals surface area (Å²) >= 11 is 0. The van der Waals surface area contributed by atoms with Crippen LogP contribution in [0.4, 0.5) is 0 Å². The lowest BCUT2D eigenvalue weighted by molar-refractivity contribution is -0.130. The molecule has 0 saturated carbocycles. The molecule has 1 aliphatic rings. The molecule has 1 aliphatic heterocycles. The lowest BCUT2D eigenvalue weighted by Gasteiger charge is -2.23. The Bertz CT molecular complexity index is 817. The fourth-order valence-corrected chi connectivity index (χ4v) is 3.62. The van der Waals surface area contributed by atoms with Gasteiger partial charge < -0.3 is 24.7 Å². The summed E-state index contributed by atoms with van der Waals surface area (Å²) < 4.78 is 10.4. The summed E-state index contributed by atoms with van der Waals surface area (Å²) in [6.07, 6.45) is 2.94. The van der Waals surface area contributed by atoms with Crippen molar-refractivity contribution in [2.45, 2.75) is 25.8 Å². The number of H-pyrrole nitrogens is 1. The molecule has 2 atom stereocenters. The van der Waals surface area contributed by atoms with Gasteiger partial charge in [0.05, 0.1) is 25.7 Å². The number of methoxy groups -OCH3 is 2. The Balaban J connectivity index is 1.54. The van der Waals surface area contributed by atoms with Gasteiger partial charge in [-0.25, -0.2) is 0 Å². The monoisotopic (exact) mass is 373 g/mol. The molecule has 7 heteroatoms. The molecule has 0 unspecified atom stereocenters. The zero-order valence-electron chi connectivity index (χ0n) is 16.1. The summed E-state index contributed by atoms with van der Waals surface area (Å²) in [5.41, 5.74) is 2.17. The third-order valence-electron chi connectivity index (χ3n) is 5.14. The SMILES string of the molecule is COC[C@@H](C)N1C[C@@H](C(=O)NCCc2c[nH]c3ccc(OC)cc23)CC1=O. The average molecular weight is 373 g/mol. The number of hydrogen-bond acceptors (Lipinski definition) is 4. The van der Waals surface area contributed by atoms with Crippen LogP contribution >= 0.6 is 0 Å². The standard InChI is InChI=1S/C20H27N3O4/c1-13(12-26-2)23-11-15(8-19(23)24)20(25)21-7-6-14-10-22-18-5-4-16(27-3)9-17(14)18/h4-5,9-10,13,15,22H,6-8,11-12H2,1-3H3,(H,21,25)/t13-,15+/m1/s1. The van der Waals surface area contributed by atoms with E-state index in [1.165, 1.54) is 0 Å². The van der Waals surface area contributed by atoms with E-state index in [0.717, 1.165) is 22.2 Å². The molecular formula is C20H27N3O4. The Morgan fingerprint density at radius 1 is 1.41 bits per heavy atom. The molecule has 1 saturated heterocycles. The second-order valence-electron chi connectivity index (χ2n) is 7.02. The Hall–Kier alpha value is -2.54. The summed E-state index contributed by atoms with van der Waals surface area (Å²) in [6.45, 7) is 3.40. The number of fused-ring (bicyclic) bond motifs is 1. The highest BCUT2D eigenvalue weighted by molar-refractivity contribution is 5.89. The zero-order chi connectivity index (χ0) is 19.4. The molecule has 7 nitrogen and oxygen atoms in total. The summed E-state index contributed by atoms with van der Waals surface area (Å²) in [7, 11) is 3.26. The van der Waals surface area contributed by atoms with E-state index in [4.69, 9.17) is 9.47 Å². The van der Waals surface area contributed by atoms with Gasteiger partial charge >= 0.3 is 0 Å². The molecule has 0 spiro atoms. The number of aromatic nitrogens is 1. The van der Waals surface area contributed by atoms with Crippen molar-refractivity contribution in [2.75, 3.05) is 33.9 Å². The molecule has 0 bridgehead atoms. The van der Waals surface area contributed by atoms with Crippen molar-refractivity contribution in [3.05, 3.63) is 30.0 Å². The number of aromatic amines is 1. The van der Waals surface area contributed by atoms with Gasteiger partial charge in [0.15, 0.2) is 0 Å². The summed E-state index contributed by atoms with van der Waals surface area (Å²) in [5, 5.41) is 4.07. The van der Waals surface area contributed by atoms with E-state index in [-0.39, 0.29) is 30.2 Å². The molecule has 2 N–H and O–H groups in total. The van der Waals surface area contributed by atoms with Gasteiger partial charge in [0, 0.05) is 43.7 Å². The maximum atomic E-state index is 12.5. The average Bonchev–Trinajstić information content (AvgIpc) is 3.25. The summed E-state index contributed by atoms with van der Waals surface area (Å²) in [5.74, 6) is 0.471. The first-order valence-electron chi connectivity index (χ1n) is 9.23.